The van der Waals surface area contributed by atoms with Gasteiger partial charge in [0.05, 0.1) is 12.7 Å². The first-order chi connectivity index (χ1) is 8.70. The highest BCUT2D eigenvalue weighted by Crippen LogP contribution is 2.21. The van der Waals surface area contributed by atoms with Gasteiger partial charge in [-0.05, 0) is 19.8 Å². The minimum atomic E-state index is -0.595. The van der Waals surface area contributed by atoms with Crippen molar-refractivity contribution < 1.29 is 19.3 Å². The van der Waals surface area contributed by atoms with Gasteiger partial charge in [0.25, 0.3) is 0 Å². The molecule has 4 nitrogen and oxygen atoms in total. The number of ether oxygens (including phenoxy) is 3. The summed E-state index contributed by atoms with van der Waals surface area (Å²) in [7, 11) is 0. The van der Waals surface area contributed by atoms with Crippen molar-refractivity contribution in [1.82, 2.24) is 0 Å². The molecule has 0 aliphatic carbocycles. The van der Waals surface area contributed by atoms with E-state index in [1.165, 1.54) is 0 Å². The van der Waals surface area contributed by atoms with Gasteiger partial charge >= 0.3 is 0 Å². The van der Waals surface area contributed by atoms with Gasteiger partial charge in [0, 0.05) is 13.2 Å². The average molecular weight is 260 g/mol. The summed E-state index contributed by atoms with van der Waals surface area (Å²) in [6.07, 6.45) is 3.08. The third-order valence-electron chi connectivity index (χ3n) is 3.35. The smallest absolute Gasteiger partial charge is 0.114 e. The molecule has 0 aromatic rings. The van der Waals surface area contributed by atoms with E-state index in [1.54, 1.807) is 0 Å². The molecule has 0 aromatic carbocycles. The zero-order chi connectivity index (χ0) is 13.4. The van der Waals surface area contributed by atoms with Crippen LogP contribution < -0.4 is 0 Å². The van der Waals surface area contributed by atoms with Gasteiger partial charge in [0.1, 0.15) is 18.3 Å². The highest BCUT2D eigenvalue weighted by Gasteiger charge is 2.38. The third-order valence-corrected chi connectivity index (χ3v) is 3.35. The van der Waals surface area contributed by atoms with E-state index in [0.29, 0.717) is 19.8 Å². The summed E-state index contributed by atoms with van der Waals surface area (Å²) in [6.45, 7) is 8.04. The standard InChI is InChI=1S/C14H28O4/c1-4-6-8-16-12-10-18-11(3)13(15)14(12)17-9-7-5-2/h11-15H,4-10H2,1-3H3/t11?,12?,13-,14?/m1/s1. The van der Waals surface area contributed by atoms with Gasteiger partial charge in [0.2, 0.25) is 0 Å². The van der Waals surface area contributed by atoms with Crippen LogP contribution in [0, 0.1) is 0 Å². The van der Waals surface area contributed by atoms with E-state index >= 15 is 0 Å². The molecule has 1 aliphatic heterocycles. The van der Waals surface area contributed by atoms with Gasteiger partial charge in [-0.3, -0.25) is 0 Å². The van der Waals surface area contributed by atoms with E-state index in [-0.39, 0.29) is 18.3 Å². The first-order valence-electron chi connectivity index (χ1n) is 7.23. The van der Waals surface area contributed by atoms with E-state index in [1.807, 2.05) is 6.92 Å². The molecular weight excluding hydrogens is 232 g/mol. The molecule has 1 N–H and O–H groups in total. The Labute approximate surface area is 111 Å². The summed E-state index contributed by atoms with van der Waals surface area (Å²) in [5.41, 5.74) is 0. The minimum absolute atomic E-state index is 0.139. The van der Waals surface area contributed by atoms with Crippen LogP contribution in [0.2, 0.25) is 0 Å². The molecule has 1 fully saturated rings. The first-order valence-corrected chi connectivity index (χ1v) is 7.23. The Kier molecular flexibility index (Phi) is 7.82. The predicted molar refractivity (Wildman–Crippen MR) is 70.7 cm³/mol. The number of hydrogen-bond acceptors (Lipinski definition) is 4. The molecule has 18 heavy (non-hydrogen) atoms. The van der Waals surface area contributed by atoms with Crippen molar-refractivity contribution in [2.24, 2.45) is 0 Å². The molecule has 1 aliphatic rings. The van der Waals surface area contributed by atoms with Gasteiger partial charge in [-0.2, -0.15) is 0 Å². The summed E-state index contributed by atoms with van der Waals surface area (Å²) in [4.78, 5) is 0. The van der Waals surface area contributed by atoms with Gasteiger partial charge < -0.3 is 19.3 Å². The molecule has 0 spiro atoms. The maximum Gasteiger partial charge on any atom is 0.114 e. The SMILES string of the molecule is CCCCOC1COC(C)[C@@H](O)C1OCCCC. The maximum absolute atomic E-state index is 10.1. The summed E-state index contributed by atoms with van der Waals surface area (Å²) in [5.74, 6) is 0. The Balaban J connectivity index is 2.44. The highest BCUT2D eigenvalue weighted by molar-refractivity contribution is 4.87. The van der Waals surface area contributed by atoms with Crippen LogP contribution in [0.5, 0.6) is 0 Å². The van der Waals surface area contributed by atoms with Crippen molar-refractivity contribution in [1.29, 1.82) is 0 Å². The molecule has 0 bridgehead atoms. The van der Waals surface area contributed by atoms with Crippen molar-refractivity contribution in [3.05, 3.63) is 0 Å². The summed E-state index contributed by atoms with van der Waals surface area (Å²) < 4.78 is 17.1. The van der Waals surface area contributed by atoms with E-state index < -0.39 is 6.10 Å². The molecule has 4 atom stereocenters. The number of aliphatic hydroxyl groups is 1. The van der Waals surface area contributed by atoms with E-state index in [9.17, 15) is 5.11 Å². The second-order valence-corrected chi connectivity index (χ2v) is 4.98. The van der Waals surface area contributed by atoms with Crippen LogP contribution in [0.15, 0.2) is 0 Å². The zero-order valence-electron chi connectivity index (χ0n) is 11.9. The van der Waals surface area contributed by atoms with Crippen LogP contribution in [0.3, 0.4) is 0 Å². The molecular formula is C14H28O4. The molecule has 108 valence electrons. The minimum Gasteiger partial charge on any atom is -0.388 e. The molecule has 0 saturated carbocycles. The fourth-order valence-corrected chi connectivity index (χ4v) is 2.02. The first kappa shape index (κ1) is 15.9. The quantitative estimate of drug-likeness (QED) is 0.679. The molecule has 0 aromatic heterocycles. The largest absolute Gasteiger partial charge is 0.388 e. The topological polar surface area (TPSA) is 47.9 Å². The highest BCUT2D eigenvalue weighted by atomic mass is 16.6. The van der Waals surface area contributed by atoms with Gasteiger partial charge in [-0.15, -0.1) is 0 Å². The number of aliphatic hydroxyl groups excluding tert-OH is 1. The van der Waals surface area contributed by atoms with Crippen molar-refractivity contribution in [2.45, 2.75) is 70.9 Å². The van der Waals surface area contributed by atoms with Crippen LogP contribution in [0.4, 0.5) is 0 Å². The summed E-state index contributed by atoms with van der Waals surface area (Å²) >= 11 is 0. The number of unbranched alkanes of at least 4 members (excludes halogenated alkanes) is 2. The lowest BCUT2D eigenvalue weighted by atomic mass is 10.0. The average Bonchev–Trinajstić information content (AvgIpc) is 2.37. The molecule has 1 saturated heterocycles. The Morgan fingerprint density at radius 3 is 2.33 bits per heavy atom. The van der Waals surface area contributed by atoms with Crippen LogP contribution in [-0.2, 0) is 14.2 Å². The van der Waals surface area contributed by atoms with Gasteiger partial charge in [-0.1, -0.05) is 26.7 Å². The second-order valence-electron chi connectivity index (χ2n) is 4.98. The number of rotatable bonds is 8. The zero-order valence-corrected chi connectivity index (χ0v) is 11.9. The lowest BCUT2D eigenvalue weighted by Crippen LogP contribution is -2.54. The van der Waals surface area contributed by atoms with Crippen LogP contribution >= 0.6 is 0 Å². The van der Waals surface area contributed by atoms with Gasteiger partial charge in [-0.25, -0.2) is 0 Å². The molecule has 1 heterocycles. The normalized spacial score (nSPS) is 32.7. The Morgan fingerprint density at radius 2 is 1.72 bits per heavy atom. The molecule has 0 radical (unpaired) electrons. The van der Waals surface area contributed by atoms with Crippen LogP contribution in [0.1, 0.15) is 46.5 Å². The Bertz CT molecular complexity index is 210. The van der Waals surface area contributed by atoms with E-state index in [2.05, 4.69) is 13.8 Å². The maximum atomic E-state index is 10.1. The fourth-order valence-electron chi connectivity index (χ4n) is 2.02. The van der Waals surface area contributed by atoms with Crippen molar-refractivity contribution in [2.75, 3.05) is 19.8 Å². The molecule has 3 unspecified atom stereocenters. The van der Waals surface area contributed by atoms with Crippen LogP contribution in [0.25, 0.3) is 0 Å². The van der Waals surface area contributed by atoms with Crippen LogP contribution in [-0.4, -0.2) is 49.3 Å². The molecule has 0 amide bonds. The molecule has 1 rings (SSSR count). The lowest BCUT2D eigenvalue weighted by molar-refractivity contribution is -0.213. The monoisotopic (exact) mass is 260 g/mol. The van der Waals surface area contributed by atoms with Crippen molar-refractivity contribution >= 4 is 0 Å². The van der Waals surface area contributed by atoms with Crippen molar-refractivity contribution in [3.63, 3.8) is 0 Å². The Hall–Kier alpha value is -0.160. The number of hydrogen-bond donors (Lipinski definition) is 1. The molecule has 4 heteroatoms. The predicted octanol–water partition coefficient (Wildman–Crippen LogP) is 2.14. The third kappa shape index (κ3) is 4.84. The van der Waals surface area contributed by atoms with Gasteiger partial charge in [0.15, 0.2) is 0 Å². The summed E-state index contributed by atoms with van der Waals surface area (Å²) in [6, 6.07) is 0. The fraction of sp³-hybridized carbons (Fsp3) is 1.00. The Morgan fingerprint density at radius 1 is 1.11 bits per heavy atom. The van der Waals surface area contributed by atoms with E-state index in [4.69, 9.17) is 14.2 Å². The lowest BCUT2D eigenvalue weighted by Gasteiger charge is -2.38. The summed E-state index contributed by atoms with van der Waals surface area (Å²) in [5, 5.41) is 10.1. The van der Waals surface area contributed by atoms with Crippen molar-refractivity contribution in [3.8, 4) is 0 Å². The van der Waals surface area contributed by atoms with E-state index in [0.717, 1.165) is 25.7 Å². The second kappa shape index (κ2) is 8.86.